The number of para-hydroxylation sites is 1. The molecule has 2 aliphatic heterocycles. The second-order valence-electron chi connectivity index (χ2n) is 8.84. The highest BCUT2D eigenvalue weighted by Gasteiger charge is 2.80. The Morgan fingerprint density at radius 2 is 1.57 bits per heavy atom. The summed E-state index contributed by atoms with van der Waals surface area (Å²) in [5.74, 6) is -0.719. The van der Waals surface area contributed by atoms with Gasteiger partial charge in [0.25, 0.3) is 5.91 Å². The maximum atomic E-state index is 13.9. The van der Waals surface area contributed by atoms with Gasteiger partial charge < -0.3 is 9.64 Å². The van der Waals surface area contributed by atoms with Crippen LogP contribution in [0.2, 0.25) is 0 Å². The number of nitrogens with zero attached hydrogens (tertiary/aromatic N) is 2. The average molecular weight is 406 g/mol. The van der Waals surface area contributed by atoms with Crippen molar-refractivity contribution in [2.45, 2.75) is 50.7 Å². The Bertz CT molecular complexity index is 1040. The number of ether oxygens (including phenoxy) is 1. The average Bonchev–Trinajstić information content (AvgIpc) is 2.92. The Hall–Kier alpha value is -3.15. The number of hydrogen-bond acceptors (Lipinski definition) is 4. The van der Waals surface area contributed by atoms with E-state index in [0.717, 1.165) is 10.5 Å². The van der Waals surface area contributed by atoms with Crippen LogP contribution >= 0.6 is 0 Å². The quantitative estimate of drug-likeness (QED) is 0.708. The van der Waals surface area contributed by atoms with Crippen LogP contribution in [-0.4, -0.2) is 35.5 Å². The van der Waals surface area contributed by atoms with Crippen LogP contribution in [-0.2, 0) is 25.3 Å². The first-order chi connectivity index (χ1) is 14.1. The van der Waals surface area contributed by atoms with Crippen LogP contribution in [0.3, 0.4) is 0 Å². The second kappa shape index (κ2) is 6.42. The Labute approximate surface area is 176 Å². The van der Waals surface area contributed by atoms with Gasteiger partial charge in [-0.25, -0.2) is 9.69 Å². The number of anilines is 1. The van der Waals surface area contributed by atoms with Crippen molar-refractivity contribution in [3.8, 4) is 0 Å². The normalized spacial score (nSPS) is 25.4. The van der Waals surface area contributed by atoms with E-state index in [4.69, 9.17) is 4.74 Å². The Morgan fingerprint density at radius 3 is 2.17 bits per heavy atom. The van der Waals surface area contributed by atoms with Gasteiger partial charge in [0.05, 0.1) is 0 Å². The van der Waals surface area contributed by atoms with Gasteiger partial charge in [0.15, 0.2) is 5.54 Å². The standard InChI is InChI=1S/C24H26N2O4/c1-6-23(16-12-8-7-9-13-16)19(27)26(21(29)30-22(2,3)4)24(23)17-14-10-11-15-18(17)25(5)20(24)28/h7-15H,6H2,1-5H3/t23-,24+/m1/s1. The number of likely N-dealkylation sites (tertiary alicyclic amines) is 1. The lowest BCUT2D eigenvalue weighted by molar-refractivity contribution is -0.181. The molecule has 0 saturated carbocycles. The van der Waals surface area contributed by atoms with E-state index in [0.29, 0.717) is 17.7 Å². The maximum Gasteiger partial charge on any atom is 0.418 e. The molecule has 0 bridgehead atoms. The molecule has 1 fully saturated rings. The summed E-state index contributed by atoms with van der Waals surface area (Å²) in [6, 6.07) is 16.6. The molecule has 0 N–H and O–H groups in total. The third-order valence-electron chi connectivity index (χ3n) is 6.16. The highest BCUT2D eigenvalue weighted by atomic mass is 16.6. The van der Waals surface area contributed by atoms with Crippen molar-refractivity contribution < 1.29 is 19.1 Å². The number of carbonyl (C=O) groups excluding carboxylic acids is 3. The minimum absolute atomic E-state index is 0.306. The lowest BCUT2D eigenvalue weighted by Gasteiger charge is -2.60. The van der Waals surface area contributed by atoms with Gasteiger partial charge in [-0.15, -0.1) is 0 Å². The van der Waals surface area contributed by atoms with Crippen molar-refractivity contribution in [3.63, 3.8) is 0 Å². The van der Waals surface area contributed by atoms with Gasteiger partial charge in [0, 0.05) is 18.3 Å². The Balaban J connectivity index is 2.02. The van der Waals surface area contributed by atoms with Crippen LogP contribution in [0.1, 0.15) is 45.2 Å². The molecule has 2 aromatic carbocycles. The molecule has 1 spiro atoms. The van der Waals surface area contributed by atoms with E-state index in [1.54, 1.807) is 27.8 Å². The summed E-state index contributed by atoms with van der Waals surface area (Å²) in [7, 11) is 1.68. The van der Waals surface area contributed by atoms with Gasteiger partial charge >= 0.3 is 6.09 Å². The molecule has 2 heterocycles. The van der Waals surface area contributed by atoms with E-state index >= 15 is 0 Å². The Kier molecular flexibility index (Phi) is 4.31. The van der Waals surface area contributed by atoms with E-state index in [2.05, 4.69) is 0 Å². The van der Waals surface area contributed by atoms with Gasteiger partial charge in [-0.1, -0.05) is 55.5 Å². The molecular formula is C24H26N2O4. The molecule has 0 aromatic heterocycles. The fourth-order valence-electron chi connectivity index (χ4n) is 5.00. The molecule has 30 heavy (non-hydrogen) atoms. The number of fused-ring (bicyclic) bond motifs is 2. The van der Waals surface area contributed by atoms with Crippen LogP contribution in [0.15, 0.2) is 54.6 Å². The summed E-state index contributed by atoms with van der Waals surface area (Å²) in [4.78, 5) is 43.4. The van der Waals surface area contributed by atoms with Crippen LogP contribution in [0.5, 0.6) is 0 Å². The Morgan fingerprint density at radius 1 is 0.967 bits per heavy atom. The molecule has 1 saturated heterocycles. The summed E-state index contributed by atoms with van der Waals surface area (Å²) in [5, 5.41) is 0. The molecule has 0 unspecified atom stereocenters. The fourth-order valence-corrected chi connectivity index (χ4v) is 5.00. The van der Waals surface area contributed by atoms with Crippen LogP contribution in [0.25, 0.3) is 0 Å². The number of rotatable bonds is 2. The predicted octanol–water partition coefficient (Wildman–Crippen LogP) is 3.98. The molecule has 6 heteroatoms. The van der Waals surface area contributed by atoms with Gasteiger partial charge in [-0.3, -0.25) is 9.59 Å². The first-order valence-corrected chi connectivity index (χ1v) is 10.1. The maximum absolute atomic E-state index is 13.9. The molecule has 2 aromatic rings. The molecule has 3 amide bonds. The summed E-state index contributed by atoms with van der Waals surface area (Å²) in [6.45, 7) is 7.10. The van der Waals surface area contributed by atoms with Crippen molar-refractivity contribution in [2.75, 3.05) is 11.9 Å². The number of amides is 3. The molecule has 4 rings (SSSR count). The zero-order valence-corrected chi connectivity index (χ0v) is 17.9. The highest BCUT2D eigenvalue weighted by Crippen LogP contribution is 2.63. The monoisotopic (exact) mass is 406 g/mol. The number of benzene rings is 2. The van der Waals surface area contributed by atoms with Crippen molar-refractivity contribution >= 4 is 23.6 Å². The number of imide groups is 1. The SMILES string of the molecule is CC[C@@]1(c2ccccc2)C(=O)N(C(=O)OC(C)(C)C)[C@@]12C(=O)N(C)c1ccccc12. The molecule has 0 aliphatic carbocycles. The minimum atomic E-state index is -1.48. The van der Waals surface area contributed by atoms with Crippen LogP contribution in [0, 0.1) is 0 Å². The zero-order valence-electron chi connectivity index (χ0n) is 17.9. The smallest absolute Gasteiger partial charge is 0.418 e. The summed E-state index contributed by atoms with van der Waals surface area (Å²) >= 11 is 0. The van der Waals surface area contributed by atoms with Crippen molar-refractivity contribution in [3.05, 3.63) is 65.7 Å². The molecule has 2 atom stereocenters. The van der Waals surface area contributed by atoms with E-state index in [1.165, 1.54) is 4.90 Å². The number of likely N-dealkylation sites (N-methyl/N-ethyl adjacent to an activating group) is 1. The van der Waals surface area contributed by atoms with E-state index in [1.807, 2.05) is 61.5 Å². The lowest BCUT2D eigenvalue weighted by atomic mass is 9.53. The first kappa shape index (κ1) is 20.1. The number of hydrogen-bond donors (Lipinski definition) is 0. The molecule has 6 nitrogen and oxygen atoms in total. The van der Waals surface area contributed by atoms with Crippen molar-refractivity contribution in [1.82, 2.24) is 4.90 Å². The van der Waals surface area contributed by atoms with Gasteiger partial charge in [0.2, 0.25) is 5.91 Å². The lowest BCUT2D eigenvalue weighted by Crippen LogP contribution is -2.82. The van der Waals surface area contributed by atoms with Gasteiger partial charge in [-0.05, 0) is 38.8 Å². The van der Waals surface area contributed by atoms with E-state index in [-0.39, 0.29) is 5.91 Å². The highest BCUT2D eigenvalue weighted by molar-refractivity contribution is 6.23. The number of carbonyl (C=O) groups is 3. The molecule has 2 aliphatic rings. The van der Waals surface area contributed by atoms with Gasteiger partial charge in [0.1, 0.15) is 11.0 Å². The van der Waals surface area contributed by atoms with Crippen LogP contribution < -0.4 is 4.90 Å². The summed E-state index contributed by atoms with van der Waals surface area (Å²) in [5.41, 5.74) is -1.42. The third kappa shape index (κ3) is 2.27. The van der Waals surface area contributed by atoms with Crippen molar-refractivity contribution in [2.24, 2.45) is 0 Å². The third-order valence-corrected chi connectivity index (χ3v) is 6.16. The van der Waals surface area contributed by atoms with Gasteiger partial charge in [-0.2, -0.15) is 0 Å². The first-order valence-electron chi connectivity index (χ1n) is 10.1. The largest absolute Gasteiger partial charge is 0.443 e. The number of β-lactam (4-membered cyclic amide) rings is 1. The summed E-state index contributed by atoms with van der Waals surface area (Å²) in [6.07, 6.45) is -0.436. The zero-order chi connectivity index (χ0) is 21.9. The molecule has 0 radical (unpaired) electrons. The molecule has 156 valence electrons. The van der Waals surface area contributed by atoms with E-state index in [9.17, 15) is 14.4 Å². The minimum Gasteiger partial charge on any atom is -0.443 e. The predicted molar refractivity (Wildman–Crippen MR) is 113 cm³/mol. The molecular weight excluding hydrogens is 380 g/mol. The van der Waals surface area contributed by atoms with E-state index < -0.39 is 28.6 Å². The second-order valence-corrected chi connectivity index (χ2v) is 8.84. The fraction of sp³-hybridized carbons (Fsp3) is 0.375. The summed E-state index contributed by atoms with van der Waals surface area (Å²) < 4.78 is 5.57. The van der Waals surface area contributed by atoms with Crippen LogP contribution in [0.4, 0.5) is 10.5 Å². The topological polar surface area (TPSA) is 66.9 Å². The van der Waals surface area contributed by atoms with Crippen molar-refractivity contribution in [1.29, 1.82) is 0 Å².